The Morgan fingerprint density at radius 3 is 0.913 bits per heavy atom. The Morgan fingerprint density at radius 1 is 0.326 bits per heavy atom. The molecule has 0 saturated heterocycles. The number of aryl methyl sites for hydroxylation is 8. The van der Waals surface area contributed by atoms with Gasteiger partial charge in [-0.05, 0) is 356 Å². The molecule has 9 aliphatic rings. The van der Waals surface area contributed by atoms with Crippen LogP contribution in [0.4, 0.5) is 0 Å². The molecule has 0 amide bonds. The van der Waals surface area contributed by atoms with Crippen LogP contribution in [0.15, 0.2) is 350 Å². The van der Waals surface area contributed by atoms with Crippen molar-refractivity contribution in [1.82, 2.24) is 4.90 Å². The molecule has 0 aromatic heterocycles. The Labute approximate surface area is 831 Å². The topological polar surface area (TPSA) is 145 Å². The summed E-state index contributed by atoms with van der Waals surface area (Å²) in [5.41, 5.74) is 7.57. The van der Waals surface area contributed by atoms with Crippen molar-refractivity contribution in [1.29, 1.82) is 0 Å². The number of esters is 4. The maximum atomic E-state index is 12.9. The standard InChI is InChI=1S/C35H39O5S.C32H35O3S.C29H33O3S.C25H30NOS/c1-23-14-31(41(29-10-6-4-7-11-29)30-12-8-5-9-13-30)15-24(2)34(23)39-21-32(36)38-22-33(37)40-35(3)27-17-25-16-26(19-27)20-28(35)18-25;1-22-13-29(36(27-9-5-3-6-10-27)28-11-7-4-8-12-28)14-23(2)31(22)34-21-30(33)35-32-18-24-15-25(19-32)17-26(16-24)20-32;1-4-29(17-11-12-18-29)31-21-27(30)32-28-22(2)19-26(20-23(28)3)33(24-13-7-5-8-14-24)25-15-9-6-10-16-25;1-20-18-24(19-21(2)25(20)27-17-11-16-26(3)4)28(22-12-7-5-8-13-22)23-14-9-6-10-15-23/h4-15,25-28H,16-22H2,1-3H3;3-14,24-26H,15-21H2,1-2H3;5-10,13-16,19-20H,4,11-12,17-18,21H2,1-3H3;5-10,12-15,18-19H,11,16-17H2,1-4H3/q4*+1. The lowest BCUT2D eigenvalue weighted by atomic mass is 9.50. The van der Waals surface area contributed by atoms with E-state index >= 15 is 0 Å². The summed E-state index contributed by atoms with van der Waals surface area (Å²) in [5, 5.41) is 0. The predicted molar refractivity (Wildman–Crippen MR) is 556 cm³/mol. The van der Waals surface area contributed by atoms with Gasteiger partial charge in [-0.2, -0.15) is 0 Å². The normalized spacial score (nSPS) is 20.5. The summed E-state index contributed by atoms with van der Waals surface area (Å²) >= 11 is 0. The quantitative estimate of drug-likeness (QED) is 0.0130. The molecule has 0 spiro atoms. The Balaban J connectivity index is 0.000000134. The fourth-order valence-electron chi connectivity index (χ4n) is 23.0. The SMILES string of the molecule is CCC1(OCC(=O)Oc2c(C)cc([S+](c3ccccc3)c3ccccc3)cc2C)CCCC1.Cc1cc([S+](c2ccccc2)c2ccccc2)cc(C)c1OCC(=O)OC12CC3CC(CC(C3)C1)C2.Cc1cc([S+](c2ccccc2)c2ccccc2)cc(C)c1OCC(=O)OCC(=O)OC1(C)C2CC3CC(C2)CC1C3.Cc1cc([S+](c2ccccc2)c2ccccc2)cc(C)c1OCCCN(C)C. The molecule has 13 nitrogen and oxygen atoms in total. The van der Waals surface area contributed by atoms with E-state index in [1.807, 2.05) is 52.0 Å². The molecule has 0 N–H and O–H groups in total. The van der Waals surface area contributed by atoms with E-state index in [-0.39, 0.29) is 93.1 Å². The van der Waals surface area contributed by atoms with Crippen LogP contribution in [-0.2, 0) is 81.7 Å². The molecule has 9 saturated carbocycles. The van der Waals surface area contributed by atoms with Crippen LogP contribution in [0, 0.1) is 96.8 Å². The summed E-state index contributed by atoms with van der Waals surface area (Å²) in [5.74, 6) is 6.29. The molecule has 12 aromatic rings. The van der Waals surface area contributed by atoms with Crippen molar-refractivity contribution >= 4 is 67.5 Å². The summed E-state index contributed by atoms with van der Waals surface area (Å²) in [4.78, 5) is 68.3. The number of carbonyl (C=O) groups excluding carboxylic acids is 4. The van der Waals surface area contributed by atoms with Gasteiger partial charge < -0.3 is 42.8 Å². The third-order valence-corrected chi connectivity index (χ3v) is 37.6. The van der Waals surface area contributed by atoms with Gasteiger partial charge in [0.1, 0.15) is 40.8 Å². The lowest BCUT2D eigenvalue weighted by Gasteiger charge is -2.59. The third kappa shape index (κ3) is 25.0. The van der Waals surface area contributed by atoms with Crippen LogP contribution in [0.2, 0.25) is 0 Å². The predicted octanol–water partition coefficient (Wildman–Crippen LogP) is 27.1. The van der Waals surface area contributed by atoms with Gasteiger partial charge in [0.05, 0.1) is 55.8 Å². The highest BCUT2D eigenvalue weighted by Crippen LogP contribution is 2.60. The molecule has 21 rings (SSSR count). The Kier molecular flexibility index (Phi) is 33.8. The molecule has 0 radical (unpaired) electrons. The number of nitrogens with zero attached hydrogens (tertiary/aromatic N) is 1. The van der Waals surface area contributed by atoms with Gasteiger partial charge in [-0.1, -0.05) is 165 Å². The van der Waals surface area contributed by atoms with Gasteiger partial charge in [-0.25, -0.2) is 19.2 Å². The third-order valence-electron chi connectivity index (χ3n) is 28.8. The minimum absolute atomic E-state index is 0.00682. The van der Waals surface area contributed by atoms with Gasteiger partial charge in [-0.3, -0.25) is 0 Å². The minimum Gasteiger partial charge on any atom is -0.493 e. The van der Waals surface area contributed by atoms with Crippen LogP contribution in [0.25, 0.3) is 0 Å². The summed E-state index contributed by atoms with van der Waals surface area (Å²) in [6.07, 6.45) is 19.5. The van der Waals surface area contributed by atoms with E-state index in [1.165, 1.54) is 108 Å². The summed E-state index contributed by atoms with van der Waals surface area (Å²) in [7, 11) is 3.36. The van der Waals surface area contributed by atoms with Crippen LogP contribution in [0.5, 0.6) is 23.0 Å². The second-order valence-corrected chi connectivity index (χ2v) is 47.7. The zero-order valence-electron chi connectivity index (χ0n) is 82.5. The van der Waals surface area contributed by atoms with Crippen molar-refractivity contribution < 1.29 is 57.1 Å². The fraction of sp³-hybridized carbons (Fsp3) is 0.372. The van der Waals surface area contributed by atoms with E-state index in [0.29, 0.717) is 23.3 Å². The Bertz CT molecular complexity index is 5750. The number of benzene rings is 12. The van der Waals surface area contributed by atoms with Crippen molar-refractivity contribution in [2.75, 3.05) is 53.7 Å². The number of carbonyl (C=O) groups is 4. The zero-order valence-corrected chi connectivity index (χ0v) is 85.8. The molecule has 0 atom stereocenters. The Hall–Kier alpha value is -10.8. The molecule has 718 valence electrons. The van der Waals surface area contributed by atoms with Crippen LogP contribution in [0.3, 0.4) is 0 Å². The van der Waals surface area contributed by atoms with E-state index in [1.54, 1.807) is 0 Å². The fourth-order valence-corrected chi connectivity index (χ4v) is 32.1. The zero-order chi connectivity index (χ0) is 96.5. The molecule has 0 heterocycles. The molecule has 9 aliphatic carbocycles. The maximum Gasteiger partial charge on any atom is 0.344 e. The van der Waals surface area contributed by atoms with Crippen LogP contribution in [-0.4, -0.2) is 99.3 Å². The first-order valence-electron chi connectivity index (χ1n) is 49.6. The average molecular weight is 1930 g/mol. The summed E-state index contributed by atoms with van der Waals surface area (Å²) < 4.78 is 47.5. The first-order chi connectivity index (χ1) is 66.8. The number of hydrogen-bond acceptors (Lipinski definition) is 13. The number of rotatable bonds is 32. The molecular formula is C121H137NO12S4+4. The molecule has 138 heavy (non-hydrogen) atoms. The highest BCUT2D eigenvalue weighted by molar-refractivity contribution is 7.98. The number of hydrogen-bond donors (Lipinski definition) is 0. The average Bonchev–Trinajstić information content (AvgIpc) is 0.772. The van der Waals surface area contributed by atoms with Gasteiger partial charge in [0, 0.05) is 55.1 Å². The highest BCUT2D eigenvalue weighted by Gasteiger charge is 2.58. The van der Waals surface area contributed by atoms with Crippen molar-refractivity contribution in [3.63, 3.8) is 0 Å². The van der Waals surface area contributed by atoms with E-state index in [4.69, 9.17) is 37.9 Å². The van der Waals surface area contributed by atoms with Gasteiger partial charge in [0.2, 0.25) is 0 Å². The van der Waals surface area contributed by atoms with Crippen LogP contribution in [0.1, 0.15) is 168 Å². The van der Waals surface area contributed by atoms with Gasteiger partial charge >= 0.3 is 23.9 Å². The smallest absolute Gasteiger partial charge is 0.344 e. The minimum atomic E-state index is -0.576. The van der Waals surface area contributed by atoms with Gasteiger partial charge in [0.25, 0.3) is 0 Å². The molecule has 8 bridgehead atoms. The van der Waals surface area contributed by atoms with Crippen molar-refractivity contribution in [3.05, 3.63) is 336 Å². The second-order valence-electron chi connectivity index (χ2n) is 39.6. The second kappa shape index (κ2) is 46.6. The highest BCUT2D eigenvalue weighted by atomic mass is 32.2. The molecule has 0 unspecified atom stereocenters. The van der Waals surface area contributed by atoms with E-state index in [9.17, 15) is 19.2 Å². The number of ether oxygens (including phenoxy) is 8. The summed E-state index contributed by atoms with van der Waals surface area (Å²) in [6, 6.07) is 103. The van der Waals surface area contributed by atoms with Crippen molar-refractivity contribution in [2.45, 2.75) is 254 Å². The van der Waals surface area contributed by atoms with Crippen LogP contribution < -0.4 is 18.9 Å². The molecule has 9 fully saturated rings. The van der Waals surface area contributed by atoms with Gasteiger partial charge in [0.15, 0.2) is 78.6 Å². The first-order valence-corrected chi connectivity index (χ1v) is 54.5. The summed E-state index contributed by atoms with van der Waals surface area (Å²) in [6.45, 7) is 21.9. The van der Waals surface area contributed by atoms with Crippen LogP contribution >= 0.6 is 0 Å². The lowest BCUT2D eigenvalue weighted by Crippen LogP contribution is -2.58. The first kappa shape index (κ1) is 100. The lowest BCUT2D eigenvalue weighted by molar-refractivity contribution is -0.207. The van der Waals surface area contributed by atoms with E-state index < -0.39 is 17.5 Å². The molecular weight excluding hydrogens is 1790 g/mol. The molecule has 12 aromatic carbocycles. The van der Waals surface area contributed by atoms with Gasteiger partial charge in [-0.15, -0.1) is 0 Å². The monoisotopic (exact) mass is 1920 g/mol. The molecule has 0 aliphatic heterocycles. The molecule has 17 heteroatoms. The van der Waals surface area contributed by atoms with E-state index in [0.717, 1.165) is 158 Å². The van der Waals surface area contributed by atoms with Crippen molar-refractivity contribution in [3.8, 4) is 23.0 Å². The Morgan fingerprint density at radius 2 is 0.609 bits per heavy atom. The van der Waals surface area contributed by atoms with Crippen molar-refractivity contribution in [2.24, 2.45) is 41.4 Å². The largest absolute Gasteiger partial charge is 0.493 e. The maximum absolute atomic E-state index is 12.9. The van der Waals surface area contributed by atoms with E-state index in [2.05, 4.69) is 327 Å².